The van der Waals surface area contributed by atoms with Crippen molar-refractivity contribution in [2.24, 2.45) is 5.41 Å². The zero-order chi connectivity index (χ0) is 10.6. The number of nitrogens with zero attached hydrogens (tertiary/aromatic N) is 1. The van der Waals surface area contributed by atoms with Gasteiger partial charge in [0.15, 0.2) is 0 Å². The number of amides is 1. The molecule has 0 fully saturated rings. The highest BCUT2D eigenvalue weighted by molar-refractivity contribution is 5.92. The maximum Gasteiger partial charge on any atom is 0.248 e. The highest BCUT2D eigenvalue weighted by Crippen LogP contribution is 2.13. The van der Waals surface area contributed by atoms with Crippen molar-refractivity contribution in [1.29, 1.82) is 0 Å². The smallest absolute Gasteiger partial charge is 0.248 e. The quantitative estimate of drug-likeness (QED) is 0.486. The van der Waals surface area contributed by atoms with Crippen molar-refractivity contribution in [3.63, 3.8) is 0 Å². The third kappa shape index (κ3) is 3.87. The fourth-order valence-corrected chi connectivity index (χ4v) is 1.05. The van der Waals surface area contributed by atoms with E-state index in [4.69, 9.17) is 0 Å². The van der Waals surface area contributed by atoms with Gasteiger partial charge in [0.2, 0.25) is 5.91 Å². The molecule has 0 radical (unpaired) electrons. The van der Waals surface area contributed by atoms with Crippen LogP contribution in [0.15, 0.2) is 12.2 Å². The van der Waals surface area contributed by atoms with E-state index in [0.29, 0.717) is 12.1 Å². The lowest BCUT2D eigenvalue weighted by atomic mass is 9.95. The minimum atomic E-state index is -0.486. The zero-order valence-electron chi connectivity index (χ0n) is 8.76. The van der Waals surface area contributed by atoms with Crippen LogP contribution in [0.5, 0.6) is 0 Å². The topological polar surface area (TPSA) is 37.4 Å². The molecule has 0 heterocycles. The molecule has 3 nitrogen and oxygen atoms in total. The van der Waals surface area contributed by atoms with Crippen LogP contribution in [0.4, 0.5) is 0 Å². The first-order valence-corrected chi connectivity index (χ1v) is 4.17. The van der Waals surface area contributed by atoms with Crippen molar-refractivity contribution in [3.05, 3.63) is 12.2 Å². The summed E-state index contributed by atoms with van der Waals surface area (Å²) in [5.41, 5.74) is 0.00375. The second-order valence-corrected chi connectivity index (χ2v) is 4.05. The van der Waals surface area contributed by atoms with Crippen molar-refractivity contribution < 1.29 is 9.59 Å². The summed E-state index contributed by atoms with van der Waals surface area (Å²) in [6, 6.07) is 0. The van der Waals surface area contributed by atoms with Gasteiger partial charge in [-0.05, 0) is 6.92 Å². The predicted molar refractivity (Wildman–Crippen MR) is 52.3 cm³/mol. The lowest BCUT2D eigenvalue weighted by Crippen LogP contribution is -2.36. The van der Waals surface area contributed by atoms with Gasteiger partial charge in [-0.25, -0.2) is 0 Å². The van der Waals surface area contributed by atoms with Crippen LogP contribution in [-0.4, -0.2) is 30.7 Å². The van der Waals surface area contributed by atoms with Gasteiger partial charge in [-0.15, -0.1) is 0 Å². The Morgan fingerprint density at radius 3 is 2.31 bits per heavy atom. The Morgan fingerprint density at radius 1 is 1.54 bits per heavy atom. The Bertz CT molecular complexity index is 231. The van der Waals surface area contributed by atoms with Crippen molar-refractivity contribution >= 4 is 12.2 Å². The van der Waals surface area contributed by atoms with Gasteiger partial charge >= 0.3 is 0 Å². The SMILES string of the molecule is C=C(C)C(=O)N(C)CC(C)(C)C=O. The van der Waals surface area contributed by atoms with E-state index in [1.807, 2.05) is 0 Å². The van der Waals surface area contributed by atoms with E-state index in [2.05, 4.69) is 6.58 Å². The van der Waals surface area contributed by atoms with E-state index in [-0.39, 0.29) is 5.91 Å². The number of carbonyl (C=O) groups is 2. The summed E-state index contributed by atoms with van der Waals surface area (Å²) in [6.45, 7) is 9.22. The van der Waals surface area contributed by atoms with Crippen LogP contribution in [0, 0.1) is 5.41 Å². The summed E-state index contributed by atoms with van der Waals surface area (Å²) >= 11 is 0. The van der Waals surface area contributed by atoms with Gasteiger partial charge < -0.3 is 9.69 Å². The van der Waals surface area contributed by atoms with Crippen molar-refractivity contribution in [3.8, 4) is 0 Å². The Morgan fingerprint density at radius 2 is 2.00 bits per heavy atom. The molecule has 0 saturated carbocycles. The van der Waals surface area contributed by atoms with Gasteiger partial charge in [0.25, 0.3) is 0 Å². The van der Waals surface area contributed by atoms with Crippen LogP contribution >= 0.6 is 0 Å². The fourth-order valence-electron chi connectivity index (χ4n) is 1.05. The van der Waals surface area contributed by atoms with Crippen LogP contribution in [0.3, 0.4) is 0 Å². The van der Waals surface area contributed by atoms with Crippen molar-refractivity contribution in [2.75, 3.05) is 13.6 Å². The number of aldehydes is 1. The van der Waals surface area contributed by atoms with E-state index in [1.165, 1.54) is 4.90 Å². The molecule has 0 rings (SSSR count). The van der Waals surface area contributed by atoms with Gasteiger partial charge in [-0.1, -0.05) is 20.4 Å². The summed E-state index contributed by atoms with van der Waals surface area (Å²) in [5, 5.41) is 0. The summed E-state index contributed by atoms with van der Waals surface area (Å²) in [7, 11) is 1.67. The third-order valence-electron chi connectivity index (χ3n) is 1.68. The van der Waals surface area contributed by atoms with E-state index in [0.717, 1.165) is 6.29 Å². The molecular weight excluding hydrogens is 166 g/mol. The Labute approximate surface area is 79.4 Å². The average Bonchev–Trinajstić information content (AvgIpc) is 2.02. The normalized spacial score (nSPS) is 10.8. The van der Waals surface area contributed by atoms with Gasteiger partial charge in [0.05, 0.1) is 0 Å². The molecule has 1 amide bonds. The van der Waals surface area contributed by atoms with E-state index in [1.54, 1.807) is 27.8 Å². The van der Waals surface area contributed by atoms with Gasteiger partial charge in [0.1, 0.15) is 6.29 Å². The highest BCUT2D eigenvalue weighted by atomic mass is 16.2. The molecule has 0 aromatic carbocycles. The molecule has 0 aliphatic carbocycles. The molecule has 0 unspecified atom stereocenters. The summed E-state index contributed by atoms with van der Waals surface area (Å²) in [4.78, 5) is 23.5. The number of hydrogen-bond acceptors (Lipinski definition) is 2. The van der Waals surface area contributed by atoms with E-state index >= 15 is 0 Å². The number of carbonyl (C=O) groups excluding carboxylic acids is 2. The number of hydrogen-bond donors (Lipinski definition) is 0. The first kappa shape index (κ1) is 11.9. The lowest BCUT2D eigenvalue weighted by molar-refractivity contribution is -0.128. The minimum absolute atomic E-state index is 0.116. The summed E-state index contributed by atoms with van der Waals surface area (Å²) in [6.07, 6.45) is 0.856. The molecule has 0 spiro atoms. The third-order valence-corrected chi connectivity index (χ3v) is 1.68. The summed E-state index contributed by atoms with van der Waals surface area (Å²) in [5.74, 6) is -0.116. The maximum absolute atomic E-state index is 11.3. The molecule has 0 atom stereocenters. The standard InChI is InChI=1S/C10H17NO2/c1-8(2)9(13)11(5)6-10(3,4)7-12/h7H,1,6H2,2-5H3. The van der Waals surface area contributed by atoms with Crippen molar-refractivity contribution in [1.82, 2.24) is 4.90 Å². The second kappa shape index (κ2) is 4.21. The van der Waals surface area contributed by atoms with Crippen molar-refractivity contribution in [2.45, 2.75) is 20.8 Å². The predicted octanol–water partition coefficient (Wildman–Crippen LogP) is 1.25. The van der Waals surface area contributed by atoms with Crippen LogP contribution in [0.2, 0.25) is 0 Å². The van der Waals surface area contributed by atoms with Gasteiger partial charge in [-0.2, -0.15) is 0 Å². The second-order valence-electron chi connectivity index (χ2n) is 4.05. The molecular formula is C10H17NO2. The molecule has 0 aromatic rings. The Hall–Kier alpha value is -1.12. The molecule has 0 N–H and O–H groups in total. The van der Waals surface area contributed by atoms with Crippen LogP contribution in [0.1, 0.15) is 20.8 Å². The molecule has 0 aromatic heterocycles. The molecule has 3 heteroatoms. The zero-order valence-corrected chi connectivity index (χ0v) is 8.76. The van der Waals surface area contributed by atoms with Crippen LogP contribution in [-0.2, 0) is 9.59 Å². The molecule has 0 bridgehead atoms. The van der Waals surface area contributed by atoms with Gasteiger partial charge in [-0.3, -0.25) is 4.79 Å². The fraction of sp³-hybridized carbons (Fsp3) is 0.600. The number of likely N-dealkylation sites (N-methyl/N-ethyl adjacent to an activating group) is 1. The molecule has 13 heavy (non-hydrogen) atoms. The van der Waals surface area contributed by atoms with Gasteiger partial charge in [0, 0.05) is 24.6 Å². The van der Waals surface area contributed by atoms with Crippen LogP contribution < -0.4 is 0 Å². The number of rotatable bonds is 4. The van der Waals surface area contributed by atoms with E-state index < -0.39 is 5.41 Å². The van der Waals surface area contributed by atoms with Crippen LogP contribution in [0.25, 0.3) is 0 Å². The molecule has 74 valence electrons. The Kier molecular flexibility index (Phi) is 3.85. The molecule has 0 aliphatic heterocycles. The molecule has 0 saturated heterocycles. The lowest BCUT2D eigenvalue weighted by Gasteiger charge is -2.25. The van der Waals surface area contributed by atoms with E-state index in [9.17, 15) is 9.59 Å². The Balaban J connectivity index is 4.31. The maximum atomic E-state index is 11.3. The monoisotopic (exact) mass is 183 g/mol. The first-order valence-electron chi connectivity index (χ1n) is 4.17. The molecule has 0 aliphatic rings. The largest absolute Gasteiger partial charge is 0.341 e. The highest BCUT2D eigenvalue weighted by Gasteiger charge is 2.21. The summed E-state index contributed by atoms with van der Waals surface area (Å²) < 4.78 is 0. The first-order chi connectivity index (χ1) is 5.80. The minimum Gasteiger partial charge on any atom is -0.341 e. The average molecular weight is 183 g/mol.